The van der Waals surface area contributed by atoms with E-state index >= 15 is 0 Å². The molecule has 0 saturated heterocycles. The fourth-order valence-electron chi connectivity index (χ4n) is 1.24. The normalized spacial score (nSPS) is 11.1. The number of hydrogen-bond donors (Lipinski definition) is 2. The minimum absolute atomic E-state index is 0.253. The monoisotopic (exact) mass is 241 g/mol. The second kappa shape index (κ2) is 5.14. The maximum absolute atomic E-state index is 13.1. The molecule has 17 heavy (non-hydrogen) atoms. The number of aliphatic hydroxyl groups is 1. The molecule has 5 heteroatoms. The third-order valence-electron chi connectivity index (χ3n) is 1.79. The molecule has 0 saturated carbocycles. The van der Waals surface area contributed by atoms with Crippen LogP contribution in [0.3, 0.4) is 0 Å². The van der Waals surface area contributed by atoms with E-state index in [-0.39, 0.29) is 12.3 Å². The van der Waals surface area contributed by atoms with Gasteiger partial charge in [-0.25, -0.2) is 9.18 Å². The summed E-state index contributed by atoms with van der Waals surface area (Å²) < 4.78 is 18.1. The lowest BCUT2D eigenvalue weighted by Crippen LogP contribution is -2.27. The molecule has 0 radical (unpaired) electrons. The highest BCUT2D eigenvalue weighted by Gasteiger charge is 2.16. The zero-order valence-corrected chi connectivity index (χ0v) is 10.1. The second-order valence-electron chi connectivity index (χ2n) is 4.63. The molecule has 94 valence electrons. The molecule has 0 aromatic heterocycles. The van der Waals surface area contributed by atoms with Crippen molar-refractivity contribution in [3.8, 4) is 0 Å². The third kappa shape index (κ3) is 4.82. The van der Waals surface area contributed by atoms with Crippen LogP contribution in [0.2, 0.25) is 0 Å². The SMILES string of the molecule is CC(C)(C)OC(=O)Nc1cc(F)cc(CO)c1. The van der Waals surface area contributed by atoms with Crippen molar-refractivity contribution < 1.29 is 19.0 Å². The first-order valence-electron chi connectivity index (χ1n) is 5.20. The molecule has 0 heterocycles. The summed E-state index contributed by atoms with van der Waals surface area (Å²) in [6, 6.07) is 3.83. The van der Waals surface area contributed by atoms with Gasteiger partial charge in [-0.05, 0) is 44.5 Å². The minimum Gasteiger partial charge on any atom is -0.444 e. The molecule has 0 unspecified atom stereocenters. The van der Waals surface area contributed by atoms with Crippen molar-refractivity contribution >= 4 is 11.8 Å². The number of aliphatic hydroxyl groups excluding tert-OH is 1. The van der Waals surface area contributed by atoms with Gasteiger partial charge in [0.25, 0.3) is 0 Å². The van der Waals surface area contributed by atoms with E-state index in [0.717, 1.165) is 6.07 Å². The van der Waals surface area contributed by atoms with E-state index in [2.05, 4.69) is 5.32 Å². The van der Waals surface area contributed by atoms with Crippen LogP contribution >= 0.6 is 0 Å². The summed E-state index contributed by atoms with van der Waals surface area (Å²) in [5, 5.41) is 11.3. The maximum Gasteiger partial charge on any atom is 0.412 e. The summed E-state index contributed by atoms with van der Waals surface area (Å²) in [6.45, 7) is 4.91. The molecule has 0 aliphatic carbocycles. The van der Waals surface area contributed by atoms with Crippen LogP contribution in [0.5, 0.6) is 0 Å². The summed E-state index contributed by atoms with van der Waals surface area (Å²) in [7, 11) is 0. The Morgan fingerprint density at radius 1 is 1.41 bits per heavy atom. The minimum atomic E-state index is -0.660. The highest BCUT2D eigenvalue weighted by atomic mass is 19.1. The number of nitrogens with one attached hydrogen (secondary N) is 1. The predicted octanol–water partition coefficient (Wildman–Crippen LogP) is 2.67. The Hall–Kier alpha value is -1.62. The first-order valence-corrected chi connectivity index (χ1v) is 5.20. The molecule has 1 aromatic carbocycles. The summed E-state index contributed by atoms with van der Waals surface area (Å²) in [4.78, 5) is 11.4. The van der Waals surface area contributed by atoms with Gasteiger partial charge in [-0.3, -0.25) is 5.32 Å². The van der Waals surface area contributed by atoms with Gasteiger partial charge in [-0.15, -0.1) is 0 Å². The van der Waals surface area contributed by atoms with Crippen LogP contribution < -0.4 is 5.32 Å². The van der Waals surface area contributed by atoms with Crippen LogP contribution in [0.15, 0.2) is 18.2 Å². The Labute approximate surface area is 99.4 Å². The molecule has 0 atom stereocenters. The number of anilines is 1. The van der Waals surface area contributed by atoms with Gasteiger partial charge in [0.1, 0.15) is 11.4 Å². The highest BCUT2D eigenvalue weighted by molar-refractivity contribution is 5.84. The van der Waals surface area contributed by atoms with Gasteiger partial charge in [-0.1, -0.05) is 0 Å². The van der Waals surface area contributed by atoms with E-state index < -0.39 is 17.5 Å². The van der Waals surface area contributed by atoms with Gasteiger partial charge >= 0.3 is 6.09 Å². The lowest BCUT2D eigenvalue weighted by atomic mass is 10.2. The second-order valence-corrected chi connectivity index (χ2v) is 4.63. The largest absolute Gasteiger partial charge is 0.444 e. The van der Waals surface area contributed by atoms with Crippen molar-refractivity contribution in [3.63, 3.8) is 0 Å². The van der Waals surface area contributed by atoms with Crippen LogP contribution in [-0.4, -0.2) is 16.8 Å². The van der Waals surface area contributed by atoms with Gasteiger partial charge in [0.2, 0.25) is 0 Å². The van der Waals surface area contributed by atoms with E-state index in [1.54, 1.807) is 20.8 Å². The smallest absolute Gasteiger partial charge is 0.412 e. The van der Waals surface area contributed by atoms with Crippen molar-refractivity contribution in [3.05, 3.63) is 29.6 Å². The molecule has 1 aromatic rings. The Balaban J connectivity index is 2.74. The number of benzene rings is 1. The lowest BCUT2D eigenvalue weighted by molar-refractivity contribution is 0.0636. The Kier molecular flexibility index (Phi) is 4.07. The van der Waals surface area contributed by atoms with E-state index in [9.17, 15) is 9.18 Å². The highest BCUT2D eigenvalue weighted by Crippen LogP contribution is 2.16. The number of rotatable bonds is 2. The van der Waals surface area contributed by atoms with Gasteiger partial charge in [0.15, 0.2) is 0 Å². The quantitative estimate of drug-likeness (QED) is 0.836. The van der Waals surface area contributed by atoms with Crippen molar-refractivity contribution in [2.45, 2.75) is 33.0 Å². The van der Waals surface area contributed by atoms with Gasteiger partial charge in [-0.2, -0.15) is 0 Å². The lowest BCUT2D eigenvalue weighted by Gasteiger charge is -2.19. The Morgan fingerprint density at radius 3 is 2.59 bits per heavy atom. The van der Waals surface area contributed by atoms with Crippen LogP contribution in [0.4, 0.5) is 14.9 Å². The molecule has 0 bridgehead atoms. The van der Waals surface area contributed by atoms with Crippen molar-refractivity contribution in [1.82, 2.24) is 0 Å². The summed E-state index contributed by atoms with van der Waals surface area (Å²) in [5.74, 6) is -0.525. The van der Waals surface area contributed by atoms with Crippen LogP contribution in [0.1, 0.15) is 26.3 Å². The van der Waals surface area contributed by atoms with Crippen molar-refractivity contribution in [2.24, 2.45) is 0 Å². The molecule has 1 amide bonds. The summed E-state index contributed by atoms with van der Waals surface area (Å²) in [6.07, 6.45) is -0.660. The van der Waals surface area contributed by atoms with E-state index in [4.69, 9.17) is 9.84 Å². The zero-order chi connectivity index (χ0) is 13.1. The van der Waals surface area contributed by atoms with E-state index in [1.807, 2.05) is 0 Å². The molecule has 0 aliphatic rings. The van der Waals surface area contributed by atoms with Gasteiger partial charge < -0.3 is 9.84 Å². The summed E-state index contributed by atoms with van der Waals surface area (Å²) in [5.41, 5.74) is 0.0244. The number of carbonyl (C=O) groups excluding carboxylic acids is 1. The number of amides is 1. The van der Waals surface area contributed by atoms with Crippen LogP contribution in [0, 0.1) is 5.82 Å². The third-order valence-corrected chi connectivity index (χ3v) is 1.79. The summed E-state index contributed by atoms with van der Waals surface area (Å²) >= 11 is 0. The van der Waals surface area contributed by atoms with Gasteiger partial charge in [0.05, 0.1) is 6.61 Å². The number of ether oxygens (including phenoxy) is 1. The topological polar surface area (TPSA) is 58.6 Å². The first kappa shape index (κ1) is 13.4. The van der Waals surface area contributed by atoms with E-state index in [1.165, 1.54) is 12.1 Å². The average molecular weight is 241 g/mol. The number of halogens is 1. The molecular weight excluding hydrogens is 225 g/mol. The number of hydrogen-bond acceptors (Lipinski definition) is 3. The van der Waals surface area contributed by atoms with Crippen molar-refractivity contribution in [2.75, 3.05) is 5.32 Å². The Morgan fingerprint density at radius 2 is 2.06 bits per heavy atom. The van der Waals surface area contributed by atoms with Crippen LogP contribution in [0.25, 0.3) is 0 Å². The van der Waals surface area contributed by atoms with Gasteiger partial charge in [0, 0.05) is 5.69 Å². The zero-order valence-electron chi connectivity index (χ0n) is 10.1. The molecule has 1 rings (SSSR count). The maximum atomic E-state index is 13.1. The van der Waals surface area contributed by atoms with Crippen molar-refractivity contribution in [1.29, 1.82) is 0 Å². The first-order chi connectivity index (χ1) is 7.80. The standard InChI is InChI=1S/C12H16FNO3/c1-12(2,3)17-11(16)14-10-5-8(7-15)4-9(13)6-10/h4-6,15H,7H2,1-3H3,(H,14,16). The molecular formula is C12H16FNO3. The molecule has 0 fully saturated rings. The fourth-order valence-corrected chi connectivity index (χ4v) is 1.24. The molecule has 0 aliphatic heterocycles. The average Bonchev–Trinajstić information content (AvgIpc) is 2.13. The molecule has 2 N–H and O–H groups in total. The van der Waals surface area contributed by atoms with E-state index in [0.29, 0.717) is 5.56 Å². The molecule has 4 nitrogen and oxygen atoms in total. The fraction of sp³-hybridized carbons (Fsp3) is 0.417. The Bertz CT molecular complexity index is 413. The van der Waals surface area contributed by atoms with Crippen LogP contribution in [-0.2, 0) is 11.3 Å². The number of carbonyl (C=O) groups is 1. The predicted molar refractivity (Wildman–Crippen MR) is 62.2 cm³/mol. The molecule has 0 spiro atoms.